The molecule has 1 N–H and O–H groups in total. The number of aromatic hydroxyl groups is 1. The third kappa shape index (κ3) is 2.27. The zero-order valence-corrected chi connectivity index (χ0v) is 12.3. The molecule has 1 aliphatic carbocycles. The second kappa shape index (κ2) is 5.30. The van der Waals surface area contributed by atoms with Gasteiger partial charge in [0.1, 0.15) is 5.75 Å². The number of aryl methyl sites for hydroxylation is 1. The molecular weight excluding hydrogens is 270 g/mol. The largest absolute Gasteiger partial charge is 0.507 e. The average Bonchev–Trinajstić information content (AvgIpc) is 2.55. The van der Waals surface area contributed by atoms with Crippen LogP contribution >= 0.6 is 0 Å². The van der Waals surface area contributed by atoms with E-state index in [1.54, 1.807) is 6.07 Å². The van der Waals surface area contributed by atoms with E-state index in [2.05, 4.69) is 24.3 Å². The van der Waals surface area contributed by atoms with Gasteiger partial charge in [0.25, 0.3) is 0 Å². The Kier molecular flexibility index (Phi) is 3.15. The molecule has 0 amide bonds. The predicted octanol–water partition coefficient (Wildman–Crippen LogP) is 4.82. The molecule has 3 aromatic rings. The van der Waals surface area contributed by atoms with Crippen LogP contribution in [0.5, 0.6) is 5.75 Å². The van der Waals surface area contributed by atoms with Gasteiger partial charge in [-0.25, -0.2) is 0 Å². The monoisotopic (exact) mass is 287 g/mol. The van der Waals surface area contributed by atoms with Crippen molar-refractivity contribution in [2.75, 3.05) is 0 Å². The first-order valence-electron chi connectivity index (χ1n) is 7.69. The van der Waals surface area contributed by atoms with Crippen LogP contribution in [-0.2, 0) is 6.42 Å². The number of allylic oxidation sites excluding steroid dienone is 1. The van der Waals surface area contributed by atoms with Crippen LogP contribution in [0.4, 0.5) is 0 Å². The summed E-state index contributed by atoms with van der Waals surface area (Å²) >= 11 is 0. The Bertz CT molecular complexity index is 880. The van der Waals surface area contributed by atoms with Crippen molar-refractivity contribution in [3.63, 3.8) is 0 Å². The molecule has 1 heterocycles. The summed E-state index contributed by atoms with van der Waals surface area (Å²) in [7, 11) is 0. The van der Waals surface area contributed by atoms with Crippen molar-refractivity contribution in [3.05, 3.63) is 71.4 Å². The molecule has 1 aliphatic rings. The molecular formula is C20H17NO. The van der Waals surface area contributed by atoms with Crippen molar-refractivity contribution in [1.82, 2.24) is 4.98 Å². The lowest BCUT2D eigenvalue weighted by atomic mass is 9.88. The number of phenolic OH excluding ortho intramolecular Hbond substituents is 1. The fraction of sp³-hybridized carbons (Fsp3) is 0.150. The average molecular weight is 287 g/mol. The summed E-state index contributed by atoms with van der Waals surface area (Å²) in [5, 5.41) is 11.2. The zero-order valence-electron chi connectivity index (χ0n) is 12.3. The van der Waals surface area contributed by atoms with Crippen molar-refractivity contribution >= 4 is 22.6 Å². The molecule has 2 nitrogen and oxygen atoms in total. The molecule has 2 heteroatoms. The highest BCUT2D eigenvalue weighted by Gasteiger charge is 2.16. The number of pyridine rings is 1. The molecule has 0 fully saturated rings. The molecule has 0 spiro atoms. The molecule has 4 rings (SSSR count). The Morgan fingerprint density at radius 2 is 1.77 bits per heavy atom. The van der Waals surface area contributed by atoms with E-state index in [1.807, 2.05) is 30.3 Å². The number of nitrogens with zero attached hydrogens (tertiary/aromatic N) is 1. The maximum Gasteiger partial charge on any atom is 0.122 e. The van der Waals surface area contributed by atoms with Gasteiger partial charge >= 0.3 is 0 Å². The third-order valence-electron chi connectivity index (χ3n) is 4.28. The highest BCUT2D eigenvalue weighted by Crippen LogP contribution is 2.34. The van der Waals surface area contributed by atoms with E-state index >= 15 is 0 Å². The van der Waals surface area contributed by atoms with E-state index in [-0.39, 0.29) is 0 Å². The Labute approximate surface area is 129 Å². The maximum atomic E-state index is 10.0. The summed E-state index contributed by atoms with van der Waals surface area (Å²) in [6.07, 6.45) is 5.27. The molecule has 2 aromatic carbocycles. The van der Waals surface area contributed by atoms with Crippen LogP contribution < -0.4 is 0 Å². The molecule has 0 saturated heterocycles. The van der Waals surface area contributed by atoms with Crippen LogP contribution in [-0.4, -0.2) is 10.1 Å². The maximum absolute atomic E-state index is 10.0. The zero-order chi connectivity index (χ0) is 14.9. The minimum absolute atomic E-state index is 0.330. The van der Waals surface area contributed by atoms with Crippen molar-refractivity contribution in [3.8, 4) is 5.75 Å². The van der Waals surface area contributed by atoms with Gasteiger partial charge in [0.05, 0.1) is 5.52 Å². The minimum atomic E-state index is 0.330. The molecule has 0 saturated carbocycles. The van der Waals surface area contributed by atoms with Crippen LogP contribution in [0.2, 0.25) is 0 Å². The molecule has 0 radical (unpaired) electrons. The van der Waals surface area contributed by atoms with Gasteiger partial charge in [0.15, 0.2) is 0 Å². The summed E-state index contributed by atoms with van der Waals surface area (Å²) in [4.78, 5) is 4.83. The minimum Gasteiger partial charge on any atom is -0.507 e. The molecule has 0 bridgehead atoms. The van der Waals surface area contributed by atoms with Gasteiger partial charge in [0, 0.05) is 16.6 Å². The SMILES string of the molecule is Oc1ccccc1C=C1CCCc2nc3ccccc3cc21. The molecule has 0 unspecified atom stereocenters. The normalized spacial score (nSPS) is 15.9. The van der Waals surface area contributed by atoms with E-state index in [0.717, 1.165) is 30.3 Å². The molecule has 22 heavy (non-hydrogen) atoms. The first kappa shape index (κ1) is 13.1. The Morgan fingerprint density at radius 3 is 2.68 bits per heavy atom. The smallest absolute Gasteiger partial charge is 0.122 e. The third-order valence-corrected chi connectivity index (χ3v) is 4.28. The van der Waals surface area contributed by atoms with Gasteiger partial charge in [0.2, 0.25) is 0 Å². The van der Waals surface area contributed by atoms with Crippen molar-refractivity contribution < 1.29 is 5.11 Å². The van der Waals surface area contributed by atoms with E-state index in [9.17, 15) is 5.11 Å². The van der Waals surface area contributed by atoms with Crippen LogP contribution in [0.15, 0.2) is 54.6 Å². The van der Waals surface area contributed by atoms with Crippen LogP contribution in [0.3, 0.4) is 0 Å². The summed E-state index contributed by atoms with van der Waals surface area (Å²) in [6.45, 7) is 0. The lowest BCUT2D eigenvalue weighted by Gasteiger charge is -2.19. The van der Waals surface area contributed by atoms with Crippen LogP contribution in [0.25, 0.3) is 22.6 Å². The van der Waals surface area contributed by atoms with Crippen LogP contribution in [0, 0.1) is 0 Å². The highest BCUT2D eigenvalue weighted by molar-refractivity contribution is 5.89. The van der Waals surface area contributed by atoms with Crippen molar-refractivity contribution in [1.29, 1.82) is 0 Å². The van der Waals surface area contributed by atoms with Gasteiger partial charge in [-0.2, -0.15) is 0 Å². The second-order valence-corrected chi connectivity index (χ2v) is 5.76. The van der Waals surface area contributed by atoms with Gasteiger partial charge in [-0.3, -0.25) is 4.98 Å². The van der Waals surface area contributed by atoms with Gasteiger partial charge in [-0.1, -0.05) is 36.4 Å². The van der Waals surface area contributed by atoms with E-state index < -0.39 is 0 Å². The molecule has 1 aromatic heterocycles. The molecule has 108 valence electrons. The summed E-state index contributed by atoms with van der Waals surface area (Å²) in [6, 6.07) is 18.0. The fourth-order valence-electron chi connectivity index (χ4n) is 3.15. The fourth-order valence-corrected chi connectivity index (χ4v) is 3.15. The van der Waals surface area contributed by atoms with E-state index in [1.165, 1.54) is 22.2 Å². The Hall–Kier alpha value is -2.61. The number of para-hydroxylation sites is 2. The number of benzene rings is 2. The number of hydrogen-bond donors (Lipinski definition) is 1. The van der Waals surface area contributed by atoms with Crippen molar-refractivity contribution in [2.24, 2.45) is 0 Å². The number of aromatic nitrogens is 1. The van der Waals surface area contributed by atoms with Gasteiger partial charge in [-0.15, -0.1) is 0 Å². The van der Waals surface area contributed by atoms with Crippen molar-refractivity contribution in [2.45, 2.75) is 19.3 Å². The van der Waals surface area contributed by atoms with Gasteiger partial charge in [-0.05, 0) is 54.7 Å². The lowest BCUT2D eigenvalue weighted by Crippen LogP contribution is -2.04. The summed E-state index contributed by atoms with van der Waals surface area (Å²) in [5.41, 5.74) is 5.60. The first-order chi connectivity index (χ1) is 10.8. The second-order valence-electron chi connectivity index (χ2n) is 5.76. The van der Waals surface area contributed by atoms with E-state index in [4.69, 9.17) is 4.98 Å². The predicted molar refractivity (Wildman–Crippen MR) is 90.7 cm³/mol. The molecule has 0 aliphatic heterocycles. The topological polar surface area (TPSA) is 33.1 Å². The van der Waals surface area contributed by atoms with Gasteiger partial charge < -0.3 is 5.11 Å². The first-order valence-corrected chi connectivity index (χ1v) is 7.69. The number of fused-ring (bicyclic) bond motifs is 2. The highest BCUT2D eigenvalue weighted by atomic mass is 16.3. The van der Waals surface area contributed by atoms with Crippen LogP contribution in [0.1, 0.15) is 29.7 Å². The Morgan fingerprint density at radius 1 is 0.955 bits per heavy atom. The number of rotatable bonds is 1. The standard InChI is InChI=1S/C20H17NO/c22-20-11-4-2-7-16(20)12-14-8-5-10-19-17(14)13-15-6-1-3-9-18(15)21-19/h1-4,6-7,9,11-13,22H,5,8,10H2. The summed E-state index contributed by atoms with van der Waals surface area (Å²) < 4.78 is 0. The summed E-state index contributed by atoms with van der Waals surface area (Å²) in [5.74, 6) is 0.330. The number of phenols is 1. The molecule has 0 atom stereocenters. The van der Waals surface area contributed by atoms with E-state index in [0.29, 0.717) is 5.75 Å². The lowest BCUT2D eigenvalue weighted by molar-refractivity contribution is 0.474. The Balaban J connectivity index is 1.88. The quantitative estimate of drug-likeness (QED) is 0.696. The number of hydrogen-bond acceptors (Lipinski definition) is 2.